The van der Waals surface area contributed by atoms with Crippen LogP contribution in [-0.4, -0.2) is 31.1 Å². The summed E-state index contributed by atoms with van der Waals surface area (Å²) in [6.45, 7) is 7.82. The van der Waals surface area contributed by atoms with Crippen LogP contribution in [0.4, 0.5) is 0 Å². The van der Waals surface area contributed by atoms with Gasteiger partial charge in [0.05, 0.1) is 12.6 Å². The van der Waals surface area contributed by atoms with E-state index in [4.69, 9.17) is 4.42 Å². The lowest BCUT2D eigenvalue weighted by Gasteiger charge is -2.21. The molecule has 1 aromatic heterocycles. The number of nitrogens with one attached hydrogen (secondary N) is 4. The number of furan rings is 1. The third-order valence-electron chi connectivity index (χ3n) is 4.05. The van der Waals surface area contributed by atoms with Crippen molar-refractivity contribution in [2.45, 2.75) is 32.4 Å². The molecule has 4 N–H and O–H groups in total. The van der Waals surface area contributed by atoms with Crippen molar-refractivity contribution in [3.05, 3.63) is 36.1 Å². The Kier molecular flexibility index (Phi) is 4.89. The Balaban J connectivity index is 1.57. The van der Waals surface area contributed by atoms with Crippen LogP contribution < -0.4 is 21.5 Å². The quantitative estimate of drug-likeness (QED) is 0.671. The van der Waals surface area contributed by atoms with Crippen LogP contribution in [0, 0.1) is 5.92 Å². The van der Waals surface area contributed by atoms with E-state index in [1.54, 1.807) is 0 Å². The number of hydrogen-bond donors (Lipinski definition) is 4. The molecule has 0 saturated carbocycles. The maximum atomic E-state index is 11.9. The van der Waals surface area contributed by atoms with Gasteiger partial charge in [-0.25, -0.2) is 5.43 Å². The minimum atomic E-state index is -0.202. The normalized spacial score (nSPS) is 21.3. The Hall–Kier alpha value is -1.89. The standard InChI is InChI=1S/C18H26N4O2/c1-18(2,3)21-16(23)11-19-9-13-10-20-22-17(13)15-8-12-6-4-5-7-14(12)24-15/h4-8,13,17,19-20,22H,9-11H2,1-3H3,(H,21,23). The van der Waals surface area contributed by atoms with Gasteiger partial charge in [0, 0.05) is 29.9 Å². The van der Waals surface area contributed by atoms with Gasteiger partial charge < -0.3 is 15.1 Å². The lowest BCUT2D eigenvalue weighted by molar-refractivity contribution is -0.121. The minimum Gasteiger partial charge on any atom is -0.459 e. The van der Waals surface area contributed by atoms with Crippen molar-refractivity contribution in [3.8, 4) is 0 Å². The highest BCUT2D eigenvalue weighted by Crippen LogP contribution is 2.29. The molecule has 3 rings (SSSR count). The van der Waals surface area contributed by atoms with Crippen LogP contribution in [0.2, 0.25) is 0 Å². The summed E-state index contributed by atoms with van der Waals surface area (Å²) in [6.07, 6.45) is 0. The monoisotopic (exact) mass is 330 g/mol. The second-order valence-corrected chi connectivity index (χ2v) is 7.38. The van der Waals surface area contributed by atoms with Gasteiger partial charge in [-0.1, -0.05) is 18.2 Å². The summed E-state index contributed by atoms with van der Waals surface area (Å²) in [5.41, 5.74) is 7.17. The van der Waals surface area contributed by atoms with Gasteiger partial charge in [-0.3, -0.25) is 10.2 Å². The molecule has 2 heterocycles. The zero-order chi connectivity index (χ0) is 17.2. The van der Waals surface area contributed by atoms with Gasteiger partial charge in [-0.15, -0.1) is 0 Å². The second-order valence-electron chi connectivity index (χ2n) is 7.38. The predicted octanol–water partition coefficient (Wildman–Crippen LogP) is 1.70. The number of hydrazine groups is 1. The van der Waals surface area contributed by atoms with E-state index in [1.807, 2.05) is 39.0 Å². The molecule has 2 atom stereocenters. The van der Waals surface area contributed by atoms with Crippen molar-refractivity contribution < 1.29 is 9.21 Å². The number of rotatable bonds is 5. The van der Waals surface area contributed by atoms with Crippen molar-refractivity contribution in [1.29, 1.82) is 0 Å². The molecule has 1 aliphatic heterocycles. The number of carbonyl (C=O) groups excluding carboxylic acids is 1. The number of benzene rings is 1. The van der Waals surface area contributed by atoms with Gasteiger partial charge in [-0.2, -0.15) is 0 Å². The fraction of sp³-hybridized carbons (Fsp3) is 0.500. The summed E-state index contributed by atoms with van der Waals surface area (Å²) in [5.74, 6) is 1.25. The van der Waals surface area contributed by atoms with Crippen molar-refractivity contribution in [1.82, 2.24) is 21.5 Å². The van der Waals surface area contributed by atoms with E-state index in [2.05, 4.69) is 33.6 Å². The molecule has 0 radical (unpaired) electrons. The van der Waals surface area contributed by atoms with Gasteiger partial charge in [0.1, 0.15) is 11.3 Å². The molecule has 6 nitrogen and oxygen atoms in total. The van der Waals surface area contributed by atoms with E-state index in [9.17, 15) is 4.79 Å². The Morgan fingerprint density at radius 2 is 2.12 bits per heavy atom. The smallest absolute Gasteiger partial charge is 0.234 e. The van der Waals surface area contributed by atoms with Crippen LogP contribution >= 0.6 is 0 Å². The molecule has 0 bridgehead atoms. The fourth-order valence-electron chi connectivity index (χ4n) is 3.02. The number of carbonyl (C=O) groups is 1. The van der Waals surface area contributed by atoms with Crippen LogP contribution in [0.1, 0.15) is 32.6 Å². The van der Waals surface area contributed by atoms with E-state index < -0.39 is 0 Å². The molecular formula is C18H26N4O2. The zero-order valence-electron chi connectivity index (χ0n) is 14.5. The summed E-state index contributed by atoms with van der Waals surface area (Å²) >= 11 is 0. The molecule has 130 valence electrons. The maximum Gasteiger partial charge on any atom is 0.234 e. The summed E-state index contributed by atoms with van der Waals surface area (Å²) in [4.78, 5) is 11.9. The average Bonchev–Trinajstić information content (AvgIpc) is 3.10. The molecule has 2 unspecified atom stereocenters. The molecule has 24 heavy (non-hydrogen) atoms. The molecule has 1 fully saturated rings. The third kappa shape index (κ3) is 4.14. The lowest BCUT2D eigenvalue weighted by atomic mass is 9.99. The Morgan fingerprint density at radius 3 is 2.88 bits per heavy atom. The molecule has 1 aromatic carbocycles. The third-order valence-corrected chi connectivity index (χ3v) is 4.05. The summed E-state index contributed by atoms with van der Waals surface area (Å²) in [5, 5.41) is 7.31. The van der Waals surface area contributed by atoms with E-state index in [0.29, 0.717) is 12.5 Å². The zero-order valence-corrected chi connectivity index (χ0v) is 14.5. The van der Waals surface area contributed by atoms with Gasteiger partial charge in [0.2, 0.25) is 5.91 Å². The number of amides is 1. The lowest BCUT2D eigenvalue weighted by Crippen LogP contribution is -2.45. The number of hydrogen-bond acceptors (Lipinski definition) is 5. The maximum absolute atomic E-state index is 11.9. The van der Waals surface area contributed by atoms with Crippen LogP contribution in [0.5, 0.6) is 0 Å². The molecule has 2 aromatic rings. The predicted molar refractivity (Wildman–Crippen MR) is 94.3 cm³/mol. The number of para-hydroxylation sites is 1. The van der Waals surface area contributed by atoms with Gasteiger partial charge in [-0.05, 0) is 32.9 Å². The molecular weight excluding hydrogens is 304 g/mol. The molecule has 0 spiro atoms. The van der Waals surface area contributed by atoms with Crippen LogP contribution in [-0.2, 0) is 4.79 Å². The molecule has 6 heteroatoms. The summed E-state index contributed by atoms with van der Waals surface area (Å²) in [7, 11) is 0. The largest absolute Gasteiger partial charge is 0.459 e. The first kappa shape index (κ1) is 17.0. The molecule has 1 saturated heterocycles. The Labute approximate surface area is 142 Å². The van der Waals surface area contributed by atoms with Crippen LogP contribution in [0.15, 0.2) is 34.7 Å². The fourth-order valence-corrected chi connectivity index (χ4v) is 3.02. The molecule has 1 amide bonds. The Bertz CT molecular complexity index is 671. The van der Waals surface area contributed by atoms with Crippen molar-refractivity contribution in [3.63, 3.8) is 0 Å². The first-order valence-corrected chi connectivity index (χ1v) is 8.41. The highest BCUT2D eigenvalue weighted by Gasteiger charge is 2.30. The highest BCUT2D eigenvalue weighted by atomic mass is 16.3. The molecule has 0 aliphatic carbocycles. The van der Waals surface area contributed by atoms with E-state index in [0.717, 1.165) is 29.8 Å². The first-order chi connectivity index (χ1) is 11.4. The second kappa shape index (κ2) is 6.93. The first-order valence-electron chi connectivity index (χ1n) is 8.41. The SMILES string of the molecule is CC(C)(C)NC(=O)CNCC1CNNC1c1cc2ccccc2o1. The summed E-state index contributed by atoms with van der Waals surface area (Å²) < 4.78 is 5.97. The molecule has 1 aliphatic rings. The van der Waals surface area contributed by atoms with Crippen molar-refractivity contribution >= 4 is 16.9 Å². The minimum absolute atomic E-state index is 0.0155. The van der Waals surface area contributed by atoms with Gasteiger partial charge >= 0.3 is 0 Å². The van der Waals surface area contributed by atoms with Crippen LogP contribution in [0.25, 0.3) is 11.0 Å². The van der Waals surface area contributed by atoms with Gasteiger partial charge in [0.25, 0.3) is 0 Å². The van der Waals surface area contributed by atoms with Crippen LogP contribution in [0.3, 0.4) is 0 Å². The number of fused-ring (bicyclic) bond motifs is 1. The summed E-state index contributed by atoms with van der Waals surface area (Å²) in [6, 6.07) is 10.2. The van der Waals surface area contributed by atoms with E-state index in [1.165, 1.54) is 0 Å². The topological polar surface area (TPSA) is 78.3 Å². The average molecular weight is 330 g/mol. The van der Waals surface area contributed by atoms with E-state index >= 15 is 0 Å². The van der Waals surface area contributed by atoms with Crippen molar-refractivity contribution in [2.24, 2.45) is 5.92 Å². The van der Waals surface area contributed by atoms with E-state index in [-0.39, 0.29) is 17.5 Å². The van der Waals surface area contributed by atoms with Gasteiger partial charge in [0.15, 0.2) is 0 Å². The van der Waals surface area contributed by atoms with Crippen molar-refractivity contribution in [2.75, 3.05) is 19.6 Å². The Morgan fingerprint density at radius 1 is 1.33 bits per heavy atom. The highest BCUT2D eigenvalue weighted by molar-refractivity contribution is 5.79.